The van der Waals surface area contributed by atoms with Crippen molar-refractivity contribution >= 4 is 28.2 Å². The Morgan fingerprint density at radius 1 is 1.50 bits per heavy atom. The zero-order chi connectivity index (χ0) is 11.5. The van der Waals surface area contributed by atoms with E-state index in [2.05, 4.69) is 26.5 Å². The molecule has 2 rings (SSSR count). The molecule has 3 N–H and O–H groups in total. The van der Waals surface area contributed by atoms with E-state index in [4.69, 9.17) is 15.2 Å². The molecule has 0 saturated carbocycles. The fourth-order valence-corrected chi connectivity index (χ4v) is 1.62. The van der Waals surface area contributed by atoms with Crippen LogP contribution in [0.5, 0.6) is 11.5 Å². The van der Waals surface area contributed by atoms with Crippen LogP contribution in [0.1, 0.15) is 5.56 Å². The van der Waals surface area contributed by atoms with Crippen molar-refractivity contribution in [1.29, 1.82) is 0 Å². The number of hydrogen-bond donors (Lipinski definition) is 2. The van der Waals surface area contributed by atoms with Gasteiger partial charge in [-0.25, -0.2) is 10.2 Å². The minimum Gasteiger partial charge on any atom is -0.454 e. The van der Waals surface area contributed by atoms with Crippen LogP contribution < -0.4 is 20.6 Å². The number of hydrogen-bond acceptors (Lipinski definition) is 4. The van der Waals surface area contributed by atoms with Crippen LogP contribution in [0.25, 0.3) is 0 Å². The van der Waals surface area contributed by atoms with Crippen molar-refractivity contribution in [2.24, 2.45) is 10.8 Å². The van der Waals surface area contributed by atoms with Gasteiger partial charge in [-0.2, -0.15) is 5.10 Å². The highest BCUT2D eigenvalue weighted by molar-refractivity contribution is 9.10. The van der Waals surface area contributed by atoms with Gasteiger partial charge >= 0.3 is 6.03 Å². The first-order valence-corrected chi connectivity index (χ1v) is 5.14. The number of benzene rings is 1. The molecule has 1 heterocycles. The van der Waals surface area contributed by atoms with Crippen molar-refractivity contribution in [3.8, 4) is 11.5 Å². The molecular formula is C9H8BrN3O3. The maximum atomic E-state index is 10.4. The predicted octanol–water partition coefficient (Wildman–Crippen LogP) is 1.18. The Bertz CT molecular complexity index is 462. The van der Waals surface area contributed by atoms with Crippen molar-refractivity contribution < 1.29 is 14.3 Å². The van der Waals surface area contributed by atoms with Crippen molar-refractivity contribution in [3.05, 3.63) is 22.2 Å². The number of hydrazone groups is 1. The molecule has 7 heteroatoms. The minimum absolute atomic E-state index is 0.210. The van der Waals surface area contributed by atoms with Gasteiger partial charge in [0.1, 0.15) is 0 Å². The van der Waals surface area contributed by atoms with Gasteiger partial charge in [0.25, 0.3) is 0 Å². The molecule has 1 aromatic rings. The second-order valence-electron chi connectivity index (χ2n) is 2.96. The summed E-state index contributed by atoms with van der Waals surface area (Å²) < 4.78 is 11.2. The monoisotopic (exact) mass is 285 g/mol. The number of amides is 2. The number of carbonyl (C=O) groups excluding carboxylic acids is 1. The SMILES string of the molecule is NC(=O)N/N=C/c1cc2c(cc1Br)OCO2. The number of nitrogens with one attached hydrogen (secondary N) is 1. The number of fused-ring (bicyclic) bond motifs is 1. The maximum Gasteiger partial charge on any atom is 0.332 e. The molecule has 0 aliphatic carbocycles. The van der Waals surface area contributed by atoms with Gasteiger partial charge in [0.2, 0.25) is 6.79 Å². The van der Waals surface area contributed by atoms with Gasteiger partial charge in [0.15, 0.2) is 11.5 Å². The van der Waals surface area contributed by atoms with E-state index in [1.165, 1.54) is 6.21 Å². The molecule has 1 aromatic carbocycles. The number of urea groups is 1. The number of primary amides is 1. The smallest absolute Gasteiger partial charge is 0.332 e. The lowest BCUT2D eigenvalue weighted by molar-refractivity contribution is 0.174. The van der Waals surface area contributed by atoms with Crippen molar-refractivity contribution in [2.45, 2.75) is 0 Å². The Hall–Kier alpha value is -1.76. The lowest BCUT2D eigenvalue weighted by atomic mass is 10.2. The van der Waals surface area contributed by atoms with Gasteiger partial charge in [-0.3, -0.25) is 0 Å². The summed E-state index contributed by atoms with van der Waals surface area (Å²) in [4.78, 5) is 10.4. The summed E-state index contributed by atoms with van der Waals surface area (Å²) in [6.07, 6.45) is 1.46. The molecule has 84 valence electrons. The number of halogens is 1. The molecule has 0 aromatic heterocycles. The topological polar surface area (TPSA) is 85.9 Å². The fourth-order valence-electron chi connectivity index (χ4n) is 1.20. The van der Waals surface area contributed by atoms with E-state index < -0.39 is 6.03 Å². The molecule has 0 spiro atoms. The average Bonchev–Trinajstić information content (AvgIpc) is 2.64. The molecule has 0 bridgehead atoms. The Morgan fingerprint density at radius 3 is 2.88 bits per heavy atom. The largest absolute Gasteiger partial charge is 0.454 e. The molecule has 6 nitrogen and oxygen atoms in total. The molecule has 0 saturated heterocycles. The summed E-state index contributed by atoms with van der Waals surface area (Å²) in [5.74, 6) is 1.32. The Morgan fingerprint density at radius 2 is 2.19 bits per heavy atom. The van der Waals surface area contributed by atoms with Gasteiger partial charge in [-0.1, -0.05) is 0 Å². The molecule has 0 unspecified atom stereocenters. The van der Waals surface area contributed by atoms with Gasteiger partial charge in [0.05, 0.1) is 6.21 Å². The summed E-state index contributed by atoms with van der Waals surface area (Å²) in [7, 11) is 0. The minimum atomic E-state index is -0.715. The predicted molar refractivity (Wildman–Crippen MR) is 60.6 cm³/mol. The van der Waals surface area contributed by atoms with Crippen molar-refractivity contribution in [2.75, 3.05) is 6.79 Å². The van der Waals surface area contributed by atoms with Crippen LogP contribution in [0.3, 0.4) is 0 Å². The zero-order valence-corrected chi connectivity index (χ0v) is 9.65. The molecule has 0 radical (unpaired) electrons. The number of ether oxygens (including phenoxy) is 2. The number of nitrogens with two attached hydrogens (primary N) is 1. The van der Waals surface area contributed by atoms with E-state index in [-0.39, 0.29) is 6.79 Å². The second-order valence-corrected chi connectivity index (χ2v) is 3.82. The lowest BCUT2D eigenvalue weighted by Gasteiger charge is -2.01. The summed E-state index contributed by atoms with van der Waals surface area (Å²) in [5, 5.41) is 3.65. The van der Waals surface area contributed by atoms with Gasteiger partial charge in [-0.05, 0) is 28.1 Å². The van der Waals surface area contributed by atoms with Crippen LogP contribution in [0, 0.1) is 0 Å². The van der Waals surface area contributed by atoms with Gasteiger partial charge in [-0.15, -0.1) is 0 Å². The molecule has 16 heavy (non-hydrogen) atoms. The first-order chi connectivity index (χ1) is 7.66. The maximum absolute atomic E-state index is 10.4. The first-order valence-electron chi connectivity index (χ1n) is 4.34. The van der Waals surface area contributed by atoms with Crippen LogP contribution in [-0.2, 0) is 0 Å². The Kier molecular flexibility index (Phi) is 2.95. The zero-order valence-electron chi connectivity index (χ0n) is 8.07. The first kappa shape index (κ1) is 10.7. The summed E-state index contributed by atoms with van der Waals surface area (Å²) in [6, 6.07) is 2.81. The summed E-state index contributed by atoms with van der Waals surface area (Å²) >= 11 is 3.35. The van der Waals surface area contributed by atoms with E-state index in [1.54, 1.807) is 12.1 Å². The van der Waals surface area contributed by atoms with E-state index in [9.17, 15) is 4.79 Å². The average molecular weight is 286 g/mol. The number of rotatable bonds is 2. The van der Waals surface area contributed by atoms with E-state index in [0.717, 1.165) is 10.0 Å². The quantitative estimate of drug-likeness (QED) is 0.632. The van der Waals surface area contributed by atoms with Crippen molar-refractivity contribution in [3.63, 3.8) is 0 Å². The summed E-state index contributed by atoms with van der Waals surface area (Å²) in [6.45, 7) is 0.210. The third-order valence-electron chi connectivity index (χ3n) is 1.87. The highest BCUT2D eigenvalue weighted by Crippen LogP contribution is 2.36. The molecule has 2 amide bonds. The van der Waals surface area contributed by atoms with Gasteiger partial charge in [0, 0.05) is 10.0 Å². The fraction of sp³-hybridized carbons (Fsp3) is 0.111. The molecule has 1 aliphatic heterocycles. The third kappa shape index (κ3) is 2.25. The molecular weight excluding hydrogens is 278 g/mol. The number of carbonyl (C=O) groups is 1. The summed E-state index contributed by atoms with van der Waals surface area (Å²) in [5.41, 5.74) is 7.72. The van der Waals surface area contributed by atoms with Crippen LogP contribution in [0.15, 0.2) is 21.7 Å². The van der Waals surface area contributed by atoms with Crippen molar-refractivity contribution in [1.82, 2.24) is 5.43 Å². The standard InChI is InChI=1S/C9H8BrN3O3/c10-6-2-8-7(15-4-16-8)1-5(6)3-12-13-9(11)14/h1-3H,4H2,(H3,11,13,14)/b12-3+. The molecule has 1 aliphatic rings. The number of nitrogens with zero attached hydrogens (tertiary/aromatic N) is 1. The van der Waals surface area contributed by atoms with E-state index >= 15 is 0 Å². The Balaban J connectivity index is 2.21. The third-order valence-corrected chi connectivity index (χ3v) is 2.56. The normalized spacial score (nSPS) is 13.1. The van der Waals surface area contributed by atoms with E-state index in [1.807, 2.05) is 0 Å². The highest BCUT2D eigenvalue weighted by atomic mass is 79.9. The van der Waals surface area contributed by atoms with Crippen LogP contribution in [-0.4, -0.2) is 19.0 Å². The van der Waals surface area contributed by atoms with Gasteiger partial charge < -0.3 is 15.2 Å². The molecule has 0 fully saturated rings. The molecule has 0 atom stereocenters. The highest BCUT2D eigenvalue weighted by Gasteiger charge is 2.15. The van der Waals surface area contributed by atoms with Crippen LogP contribution in [0.4, 0.5) is 4.79 Å². The Labute approximate surface area is 99.5 Å². The van der Waals surface area contributed by atoms with E-state index in [0.29, 0.717) is 11.5 Å². The second kappa shape index (κ2) is 4.40. The van der Waals surface area contributed by atoms with Crippen LogP contribution >= 0.6 is 15.9 Å². The lowest BCUT2D eigenvalue weighted by Crippen LogP contribution is -2.24. The van der Waals surface area contributed by atoms with Crippen LogP contribution in [0.2, 0.25) is 0 Å².